The zero-order chi connectivity index (χ0) is 17.9. The number of aromatic amines is 1. The zero-order valence-corrected chi connectivity index (χ0v) is 15.0. The molecule has 2 aromatic carbocycles. The van der Waals surface area contributed by atoms with E-state index < -0.39 is 0 Å². The third-order valence-electron chi connectivity index (χ3n) is 3.69. The predicted molar refractivity (Wildman–Crippen MR) is 105 cm³/mol. The summed E-state index contributed by atoms with van der Waals surface area (Å²) in [5.41, 5.74) is 2.70. The first-order valence-electron chi connectivity index (χ1n) is 7.81. The van der Waals surface area contributed by atoms with E-state index in [0.29, 0.717) is 26.6 Å². The SMILES string of the molecule is N#C/C(=C\c1ccc(-c2cccc(Cl)c2)o1)Sc1nc2ccccc2[nH]1. The number of allylic oxidation sites excluding steroid dienone is 1. The fourth-order valence-corrected chi connectivity index (χ4v) is 3.45. The lowest BCUT2D eigenvalue weighted by Crippen LogP contribution is -1.77. The van der Waals surface area contributed by atoms with E-state index >= 15 is 0 Å². The van der Waals surface area contributed by atoms with E-state index in [-0.39, 0.29) is 0 Å². The zero-order valence-electron chi connectivity index (χ0n) is 13.4. The molecule has 4 nitrogen and oxygen atoms in total. The van der Waals surface area contributed by atoms with Crippen LogP contribution in [0.25, 0.3) is 28.4 Å². The molecule has 0 unspecified atom stereocenters. The van der Waals surface area contributed by atoms with Crippen LogP contribution in [-0.2, 0) is 0 Å². The van der Waals surface area contributed by atoms with Gasteiger partial charge in [-0.2, -0.15) is 5.26 Å². The lowest BCUT2D eigenvalue weighted by Gasteiger charge is -1.97. The van der Waals surface area contributed by atoms with Crippen LogP contribution in [0.15, 0.2) is 75.1 Å². The molecule has 0 fully saturated rings. The first-order valence-corrected chi connectivity index (χ1v) is 9.01. The molecule has 0 radical (unpaired) electrons. The van der Waals surface area contributed by atoms with Crippen molar-refractivity contribution in [2.45, 2.75) is 5.16 Å². The van der Waals surface area contributed by atoms with E-state index in [1.54, 1.807) is 6.08 Å². The predicted octanol–water partition coefficient (Wildman–Crippen LogP) is 6.13. The highest BCUT2D eigenvalue weighted by atomic mass is 35.5. The Morgan fingerprint density at radius 2 is 2.04 bits per heavy atom. The smallest absolute Gasteiger partial charge is 0.171 e. The summed E-state index contributed by atoms with van der Waals surface area (Å²) in [4.78, 5) is 8.16. The molecule has 4 rings (SSSR count). The van der Waals surface area contributed by atoms with Gasteiger partial charge in [-0.3, -0.25) is 0 Å². The largest absolute Gasteiger partial charge is 0.457 e. The quantitative estimate of drug-likeness (QED) is 0.343. The first-order chi connectivity index (χ1) is 12.7. The molecule has 0 saturated heterocycles. The van der Waals surface area contributed by atoms with Crippen molar-refractivity contribution in [3.05, 3.63) is 76.4 Å². The number of para-hydroxylation sites is 2. The maximum absolute atomic E-state index is 9.44. The van der Waals surface area contributed by atoms with E-state index in [0.717, 1.165) is 16.6 Å². The number of thioether (sulfide) groups is 1. The van der Waals surface area contributed by atoms with Crippen LogP contribution < -0.4 is 0 Å². The van der Waals surface area contributed by atoms with E-state index in [2.05, 4.69) is 16.0 Å². The number of nitrogens with one attached hydrogen (secondary N) is 1. The van der Waals surface area contributed by atoms with Gasteiger partial charge in [0.25, 0.3) is 0 Å². The molecule has 0 aliphatic carbocycles. The van der Waals surface area contributed by atoms with E-state index in [1.165, 1.54) is 11.8 Å². The molecule has 4 aromatic rings. The molecule has 2 heterocycles. The highest BCUT2D eigenvalue weighted by Gasteiger charge is 2.09. The van der Waals surface area contributed by atoms with Crippen LogP contribution in [0.4, 0.5) is 0 Å². The number of hydrogen-bond acceptors (Lipinski definition) is 4. The number of nitrogens with zero attached hydrogens (tertiary/aromatic N) is 2. The maximum Gasteiger partial charge on any atom is 0.171 e. The van der Waals surface area contributed by atoms with Crippen LogP contribution in [0.5, 0.6) is 0 Å². The molecule has 0 amide bonds. The maximum atomic E-state index is 9.44. The second-order valence-electron chi connectivity index (χ2n) is 5.49. The Balaban J connectivity index is 1.59. The fourth-order valence-electron chi connectivity index (χ4n) is 2.52. The Labute approximate surface area is 159 Å². The van der Waals surface area contributed by atoms with Crippen molar-refractivity contribution < 1.29 is 4.42 Å². The molecule has 6 heteroatoms. The van der Waals surface area contributed by atoms with Crippen LogP contribution in [0, 0.1) is 11.3 Å². The number of hydrogen-bond donors (Lipinski definition) is 1. The van der Waals surface area contributed by atoms with Gasteiger partial charge in [-0.05, 0) is 48.2 Å². The van der Waals surface area contributed by atoms with Gasteiger partial charge in [-0.1, -0.05) is 35.9 Å². The van der Waals surface area contributed by atoms with Crippen LogP contribution in [0.3, 0.4) is 0 Å². The Bertz CT molecular complexity index is 1120. The van der Waals surface area contributed by atoms with Crippen molar-refractivity contribution in [3.8, 4) is 17.4 Å². The lowest BCUT2D eigenvalue weighted by molar-refractivity contribution is 0.572. The number of rotatable bonds is 4. The molecule has 2 aromatic heterocycles. The average Bonchev–Trinajstić information content (AvgIpc) is 3.27. The van der Waals surface area contributed by atoms with Gasteiger partial charge >= 0.3 is 0 Å². The molecule has 0 spiro atoms. The minimum absolute atomic E-state index is 0.482. The Morgan fingerprint density at radius 3 is 2.85 bits per heavy atom. The molecule has 1 N–H and O–H groups in total. The van der Waals surface area contributed by atoms with Gasteiger partial charge in [0.1, 0.15) is 17.6 Å². The number of fused-ring (bicyclic) bond motifs is 1. The van der Waals surface area contributed by atoms with Crippen LogP contribution in [0.2, 0.25) is 5.02 Å². The van der Waals surface area contributed by atoms with Gasteiger partial charge in [-0.25, -0.2) is 4.98 Å². The number of H-pyrrole nitrogens is 1. The molecule has 26 heavy (non-hydrogen) atoms. The minimum atomic E-state index is 0.482. The van der Waals surface area contributed by atoms with Crippen molar-refractivity contribution in [2.75, 3.05) is 0 Å². The third kappa shape index (κ3) is 3.52. The summed E-state index contributed by atoms with van der Waals surface area (Å²) < 4.78 is 5.82. The van der Waals surface area contributed by atoms with Crippen molar-refractivity contribution in [1.82, 2.24) is 9.97 Å². The minimum Gasteiger partial charge on any atom is -0.457 e. The summed E-state index contributed by atoms with van der Waals surface area (Å²) in [6, 6.07) is 21.1. The van der Waals surface area contributed by atoms with E-state index in [9.17, 15) is 5.26 Å². The second-order valence-corrected chi connectivity index (χ2v) is 6.96. The van der Waals surface area contributed by atoms with Gasteiger partial charge in [0, 0.05) is 16.7 Å². The van der Waals surface area contributed by atoms with Crippen molar-refractivity contribution >= 4 is 40.5 Å². The topological polar surface area (TPSA) is 65.6 Å². The fraction of sp³-hybridized carbons (Fsp3) is 0. The van der Waals surface area contributed by atoms with Crippen molar-refractivity contribution in [2.24, 2.45) is 0 Å². The average molecular weight is 378 g/mol. The molecular formula is C20H12ClN3OS. The highest BCUT2D eigenvalue weighted by molar-refractivity contribution is 8.03. The monoisotopic (exact) mass is 377 g/mol. The van der Waals surface area contributed by atoms with Crippen LogP contribution >= 0.6 is 23.4 Å². The summed E-state index contributed by atoms with van der Waals surface area (Å²) >= 11 is 7.29. The van der Waals surface area contributed by atoms with E-state index in [4.69, 9.17) is 16.0 Å². The number of furan rings is 1. The summed E-state index contributed by atoms with van der Waals surface area (Å²) in [7, 11) is 0. The van der Waals surface area contributed by atoms with E-state index in [1.807, 2.05) is 60.7 Å². The van der Waals surface area contributed by atoms with Gasteiger partial charge in [-0.15, -0.1) is 0 Å². The van der Waals surface area contributed by atoms with Crippen molar-refractivity contribution in [3.63, 3.8) is 0 Å². The number of aromatic nitrogens is 2. The number of imidazole rings is 1. The standard InChI is InChI=1S/C20H12ClN3OS/c21-14-5-3-4-13(10-14)19-9-8-15(25-19)11-16(12-22)26-20-23-17-6-1-2-7-18(17)24-20/h1-11H,(H,23,24)/b16-11+. The first kappa shape index (κ1) is 16.5. The van der Waals surface area contributed by atoms with Crippen LogP contribution in [-0.4, -0.2) is 9.97 Å². The number of nitriles is 1. The Hall–Kier alpha value is -2.94. The van der Waals surface area contributed by atoms with Gasteiger partial charge < -0.3 is 9.40 Å². The van der Waals surface area contributed by atoms with Gasteiger partial charge in [0.2, 0.25) is 0 Å². The Kier molecular flexibility index (Phi) is 4.53. The van der Waals surface area contributed by atoms with Crippen LogP contribution in [0.1, 0.15) is 5.76 Å². The van der Waals surface area contributed by atoms with Gasteiger partial charge in [0.05, 0.1) is 15.9 Å². The third-order valence-corrected chi connectivity index (χ3v) is 4.74. The Morgan fingerprint density at radius 1 is 1.15 bits per heavy atom. The summed E-state index contributed by atoms with van der Waals surface area (Å²) in [6.07, 6.45) is 1.70. The number of benzene rings is 2. The molecule has 0 aliphatic rings. The summed E-state index contributed by atoms with van der Waals surface area (Å²) in [6.45, 7) is 0. The second kappa shape index (κ2) is 7.12. The molecular weight excluding hydrogens is 366 g/mol. The van der Waals surface area contributed by atoms with Crippen molar-refractivity contribution in [1.29, 1.82) is 5.26 Å². The van der Waals surface area contributed by atoms with Gasteiger partial charge in [0.15, 0.2) is 5.16 Å². The highest BCUT2D eigenvalue weighted by Crippen LogP contribution is 2.30. The molecule has 126 valence electrons. The summed E-state index contributed by atoms with van der Waals surface area (Å²) in [5.74, 6) is 1.30. The normalized spacial score (nSPS) is 11.6. The molecule has 0 atom stereocenters. The molecule has 0 aliphatic heterocycles. The molecule has 0 bridgehead atoms. The summed E-state index contributed by atoms with van der Waals surface area (Å²) in [5, 5.41) is 10.8. The molecule has 0 saturated carbocycles. The lowest BCUT2D eigenvalue weighted by atomic mass is 10.2. The number of halogens is 1.